The maximum atomic E-state index is 17.8. The fourth-order valence-corrected chi connectivity index (χ4v) is 14.6. The van der Waals surface area contributed by atoms with E-state index in [2.05, 4.69) is 0 Å². The van der Waals surface area contributed by atoms with Crippen molar-refractivity contribution in [1.29, 1.82) is 0 Å². The molecule has 0 atom stereocenters. The second-order valence-electron chi connectivity index (χ2n) is 27.1. The molecule has 0 bridgehead atoms. The molecule has 0 fully saturated rings. The van der Waals surface area contributed by atoms with Crippen LogP contribution in [0.3, 0.4) is 0 Å². The molecule has 15 rings (SSSR count). The maximum absolute atomic E-state index is 17.8. The fraction of sp³-hybridized carbons (Fsp3) is 0. The lowest BCUT2D eigenvalue weighted by molar-refractivity contribution is 0.312. The highest BCUT2D eigenvalue weighted by Crippen LogP contribution is 2.62. The average molecular weight is 1930 g/mol. The SMILES string of the molecule is Fc1c(F)c(F)c(-c2c(-c3c(F)c(F)c(F)c(F)c3F)c(-c3c(F)c(F)c(F)c(F)c3F)c3ccccc3c2OB(Oc2c(-c3c(F)c(F)c(F)c(F)c3F)c(-c3c(F)c(F)c(F)c(F)c3F)c(-c3c(F)c(F)c(F)c(F)c3F)c3ccccc23)Oc2c(-c3c(F)c(F)c(F)c(F)c3F)c(-c3c(F)c(F)c(F)c(F)c3F)c(-c3c(F)c(F)c(F)c(F)c3F)c3ccccc23)c(F)c1F. The number of fused-ring (bicyclic) bond motifs is 3. The molecule has 0 N–H and O–H groups in total. The molecule has 0 saturated carbocycles. The Kier molecular flexibility index (Phi) is 23.1. The van der Waals surface area contributed by atoms with Crippen LogP contribution in [-0.4, -0.2) is 7.32 Å². The van der Waals surface area contributed by atoms with E-state index in [1.54, 1.807) is 0 Å². The molecule has 684 valence electrons. The molecule has 0 aliphatic carbocycles. The zero-order valence-electron chi connectivity index (χ0n) is 61.7. The molecular weight excluding hydrogens is 1920 g/mol. The Hall–Kier alpha value is -14.6. The van der Waals surface area contributed by atoms with E-state index in [1.807, 2.05) is 0 Å². The molecule has 0 saturated heterocycles. The van der Waals surface area contributed by atoms with E-state index >= 15 is 198 Å². The second-order valence-corrected chi connectivity index (χ2v) is 27.1. The lowest BCUT2D eigenvalue weighted by atomic mass is 9.81. The van der Waals surface area contributed by atoms with Gasteiger partial charge in [-0.05, 0) is 16.2 Å². The minimum absolute atomic E-state index is 0.142. The Labute approximate surface area is 701 Å². The van der Waals surface area contributed by atoms with Crippen molar-refractivity contribution in [3.05, 3.63) is 335 Å². The van der Waals surface area contributed by atoms with Crippen molar-refractivity contribution < 1.29 is 212 Å². The third kappa shape index (κ3) is 13.3. The van der Waals surface area contributed by atoms with Gasteiger partial charge in [-0.1, -0.05) is 72.8 Å². The number of hydrogen-bond acceptors (Lipinski definition) is 3. The van der Waals surface area contributed by atoms with Crippen LogP contribution in [0, 0.1) is 262 Å². The van der Waals surface area contributed by atoms with Gasteiger partial charge in [-0.25, -0.2) is 198 Å². The lowest BCUT2D eigenvalue weighted by Gasteiger charge is -2.30. The van der Waals surface area contributed by atoms with Crippen molar-refractivity contribution in [2.75, 3.05) is 0 Å². The smallest absolute Gasteiger partial charge is 0.488 e. The van der Waals surface area contributed by atoms with E-state index < -0.39 is 419 Å². The summed E-state index contributed by atoms with van der Waals surface area (Å²) in [6, 6.07) is 0.154. The van der Waals surface area contributed by atoms with E-state index in [9.17, 15) is 0 Å². The quantitative estimate of drug-likeness (QED) is 0.0443. The molecule has 0 aliphatic heterocycles. The van der Waals surface area contributed by atoms with E-state index in [4.69, 9.17) is 14.0 Å². The largest absolute Gasteiger partial charge is 0.864 e. The summed E-state index contributed by atoms with van der Waals surface area (Å²) in [5, 5.41) is -13.2. The summed E-state index contributed by atoms with van der Waals surface area (Å²) >= 11 is 0. The number of hydrogen-bond donors (Lipinski definition) is 0. The maximum Gasteiger partial charge on any atom is 0.864 e. The lowest BCUT2D eigenvalue weighted by Crippen LogP contribution is -2.38. The highest BCUT2D eigenvalue weighted by Gasteiger charge is 2.49. The van der Waals surface area contributed by atoms with Crippen LogP contribution in [0.1, 0.15) is 0 Å². The van der Waals surface area contributed by atoms with Crippen molar-refractivity contribution in [2.45, 2.75) is 0 Å². The van der Waals surface area contributed by atoms with Crippen LogP contribution in [0.25, 0.3) is 132 Å². The van der Waals surface area contributed by atoms with Crippen molar-refractivity contribution >= 4 is 39.6 Å². The highest BCUT2D eigenvalue weighted by molar-refractivity contribution is 6.42. The van der Waals surface area contributed by atoms with Gasteiger partial charge in [0.2, 0.25) is 52.4 Å². The molecule has 0 aliphatic rings. The van der Waals surface area contributed by atoms with Gasteiger partial charge in [-0.2, -0.15) is 0 Å². The Morgan fingerprint density at radius 3 is 0.331 bits per heavy atom. The summed E-state index contributed by atoms with van der Waals surface area (Å²) in [4.78, 5) is 0. The summed E-state index contributed by atoms with van der Waals surface area (Å²) < 4.78 is 765. The highest BCUT2D eigenvalue weighted by atomic mass is 19.2. The van der Waals surface area contributed by atoms with E-state index in [0.29, 0.717) is 0 Å². The number of rotatable bonds is 15. The van der Waals surface area contributed by atoms with Crippen molar-refractivity contribution in [1.82, 2.24) is 0 Å². The summed E-state index contributed by atoms with van der Waals surface area (Å²) in [5.41, 5.74) is -58.1. The van der Waals surface area contributed by atoms with Crippen LogP contribution in [0.5, 0.6) is 17.2 Å². The third-order valence-electron chi connectivity index (χ3n) is 20.3. The van der Waals surface area contributed by atoms with Gasteiger partial charge in [0.1, 0.15) is 17.2 Å². The third-order valence-corrected chi connectivity index (χ3v) is 20.3. The van der Waals surface area contributed by atoms with Crippen LogP contribution >= 0.6 is 0 Å². The van der Waals surface area contributed by atoms with Gasteiger partial charge < -0.3 is 14.0 Å². The predicted octanol–water partition coefficient (Wildman–Crippen LogP) is 28.9. The molecule has 133 heavy (non-hydrogen) atoms. The van der Waals surface area contributed by atoms with E-state index in [0.717, 1.165) is 0 Å². The normalized spacial score (nSPS) is 11.8. The van der Waals surface area contributed by atoms with Gasteiger partial charge >= 0.3 is 7.32 Å². The summed E-state index contributed by atoms with van der Waals surface area (Å²) in [6.07, 6.45) is 0. The number of halogens is 45. The topological polar surface area (TPSA) is 27.7 Å². The first kappa shape index (κ1) is 93.1. The molecule has 0 radical (unpaired) electrons. The van der Waals surface area contributed by atoms with Crippen molar-refractivity contribution in [3.63, 3.8) is 0 Å². The second kappa shape index (κ2) is 33.0. The Bertz CT molecular complexity index is 6830. The molecule has 0 aromatic heterocycles. The Balaban J connectivity index is 1.30. The van der Waals surface area contributed by atoms with Crippen molar-refractivity contribution in [2.24, 2.45) is 0 Å². The minimum atomic E-state index is -5.28. The molecule has 15 aromatic carbocycles. The molecule has 0 spiro atoms. The Morgan fingerprint density at radius 1 is 0.105 bits per heavy atom. The van der Waals surface area contributed by atoms with Gasteiger partial charge in [-0.3, -0.25) is 0 Å². The van der Waals surface area contributed by atoms with Crippen LogP contribution in [0.4, 0.5) is 198 Å². The zero-order valence-corrected chi connectivity index (χ0v) is 61.7. The van der Waals surface area contributed by atoms with Gasteiger partial charge in [0.25, 0.3) is 0 Å². The molecule has 49 heteroatoms. The molecule has 0 amide bonds. The minimum Gasteiger partial charge on any atom is -0.488 e. The van der Waals surface area contributed by atoms with Crippen LogP contribution in [0.15, 0.2) is 72.8 Å². The monoisotopic (exact) mass is 1930 g/mol. The molecule has 0 unspecified atom stereocenters. The molecule has 15 aromatic rings. The first-order valence-electron chi connectivity index (χ1n) is 34.8. The van der Waals surface area contributed by atoms with Crippen LogP contribution in [0.2, 0.25) is 0 Å². The predicted molar refractivity (Wildman–Crippen MR) is 367 cm³/mol. The summed E-state index contributed by atoms with van der Waals surface area (Å²) in [6.45, 7) is 0. The van der Waals surface area contributed by atoms with Crippen LogP contribution < -0.4 is 14.0 Å². The standard InChI is InChI=1S/C84H12BF45O3/c86-37-28(38(87)56(105)73(122)55(37)104)19-13-7-1-4-10-16(13)82(25(34-49(98)67(116)79(128)68(117)50(34)99)22(19)31-43(92)61(110)76(125)62(111)44(31)93)131-85(132-83-17-11-5-2-8-14(17)20(29-39(88)57(106)74(123)58(107)40(29)89)23(32-45(94)63(112)77(126)64(113)46(32)95)26(83)35-51(100)69(118)80(129)70(119)52(35)101)133-84-18-12-6-3-9-15(18)21(30-41(90)59(108)75(124)60(109)42(30)91)24(33-47(96)65(114)78(127)66(115)48(33)97)27(84)36-53(102)71(120)81(130)72(121)54(36)103/h1-12H. The van der Waals surface area contributed by atoms with Crippen molar-refractivity contribution in [3.8, 4) is 117 Å². The molecular formula is C84H12BF45O3. The summed E-state index contributed by atoms with van der Waals surface area (Å²) in [5.74, 6) is -173. The number of benzene rings is 15. The van der Waals surface area contributed by atoms with Crippen LogP contribution in [-0.2, 0) is 0 Å². The first-order valence-corrected chi connectivity index (χ1v) is 34.8. The zero-order chi connectivity index (χ0) is 97.8. The van der Waals surface area contributed by atoms with Gasteiger partial charge in [0.05, 0.1) is 50.1 Å². The van der Waals surface area contributed by atoms with E-state index in [1.165, 1.54) is 0 Å². The van der Waals surface area contributed by atoms with Gasteiger partial charge in [0.15, 0.2) is 209 Å². The van der Waals surface area contributed by atoms with Gasteiger partial charge in [-0.15, -0.1) is 0 Å². The fourth-order valence-electron chi connectivity index (χ4n) is 14.6. The van der Waals surface area contributed by atoms with Gasteiger partial charge in [0, 0.05) is 66.2 Å². The average Bonchev–Trinajstić information content (AvgIpc) is 0.706. The van der Waals surface area contributed by atoms with E-state index in [-0.39, 0.29) is 72.8 Å². The Morgan fingerprint density at radius 2 is 0.203 bits per heavy atom. The first-order chi connectivity index (χ1) is 62.4. The summed E-state index contributed by atoms with van der Waals surface area (Å²) in [7, 11) is -5.28. The molecule has 3 nitrogen and oxygen atoms in total. The molecule has 0 heterocycles.